The first-order chi connectivity index (χ1) is 13.9. The molecule has 0 atom stereocenters. The third kappa shape index (κ3) is 6.13. The number of carbonyl (C=O) groups excluding carboxylic acids is 1. The fraction of sp³-hybridized carbons (Fsp3) is 0.368. The van der Waals surface area contributed by atoms with Gasteiger partial charge in [-0.05, 0) is 32.4 Å². The topological polar surface area (TPSA) is 91.8 Å². The van der Waals surface area contributed by atoms with Gasteiger partial charge in [0.2, 0.25) is 5.91 Å². The molecule has 2 aromatic rings. The van der Waals surface area contributed by atoms with Crippen LogP contribution in [0.15, 0.2) is 30.9 Å². The highest BCUT2D eigenvalue weighted by atomic mass is 19.4. The summed E-state index contributed by atoms with van der Waals surface area (Å²) in [7, 11) is 1.67. The minimum Gasteiger partial charge on any atom is -0.393 e. The Balaban J connectivity index is 2.33. The Morgan fingerprint density at radius 2 is 1.90 bits per heavy atom. The van der Waals surface area contributed by atoms with Gasteiger partial charge in [0, 0.05) is 36.8 Å². The molecule has 0 aromatic carbocycles. The van der Waals surface area contributed by atoms with E-state index >= 15 is 0 Å². The largest absolute Gasteiger partial charge is 0.405 e. The van der Waals surface area contributed by atoms with Gasteiger partial charge in [-0.3, -0.25) is 9.78 Å². The highest BCUT2D eigenvalue weighted by Crippen LogP contribution is 2.24. The second-order valence-corrected chi connectivity index (χ2v) is 7.04. The minimum absolute atomic E-state index is 0.132. The smallest absolute Gasteiger partial charge is 0.393 e. The maximum absolute atomic E-state index is 14.3. The Morgan fingerprint density at radius 3 is 2.50 bits per heavy atom. The van der Waals surface area contributed by atoms with Crippen molar-refractivity contribution in [1.82, 2.24) is 25.6 Å². The molecule has 0 spiro atoms. The molecule has 11 heteroatoms. The van der Waals surface area contributed by atoms with Gasteiger partial charge >= 0.3 is 6.18 Å². The van der Waals surface area contributed by atoms with E-state index in [9.17, 15) is 22.4 Å². The molecule has 2 aromatic heterocycles. The molecule has 0 bridgehead atoms. The van der Waals surface area contributed by atoms with Gasteiger partial charge in [0.15, 0.2) is 17.5 Å². The number of hydrogen-bond acceptors (Lipinski definition) is 6. The number of nitrogens with one attached hydrogen (secondary N) is 3. The Labute approximate surface area is 171 Å². The van der Waals surface area contributed by atoms with Crippen LogP contribution in [0.3, 0.4) is 0 Å². The molecule has 0 saturated heterocycles. The highest BCUT2D eigenvalue weighted by molar-refractivity contribution is 5.88. The Bertz CT molecular complexity index is 943. The molecule has 2 rings (SSSR count). The normalized spacial score (nSPS) is 12.5. The Hall–Kier alpha value is -3.24. The number of rotatable bonds is 7. The summed E-state index contributed by atoms with van der Waals surface area (Å²) in [5.41, 5.74) is 0.493. The fourth-order valence-electron chi connectivity index (χ4n) is 2.46. The summed E-state index contributed by atoms with van der Waals surface area (Å²) in [4.78, 5) is 24.4. The molecule has 0 aliphatic heterocycles. The van der Waals surface area contributed by atoms with Crippen molar-refractivity contribution < 1.29 is 22.4 Å². The Kier molecular flexibility index (Phi) is 6.96. The van der Waals surface area contributed by atoms with E-state index in [0.29, 0.717) is 11.1 Å². The van der Waals surface area contributed by atoms with Gasteiger partial charge in [-0.15, -0.1) is 0 Å². The molecule has 0 aliphatic rings. The second-order valence-electron chi connectivity index (χ2n) is 7.04. The summed E-state index contributed by atoms with van der Waals surface area (Å²) < 4.78 is 51.4. The van der Waals surface area contributed by atoms with E-state index < -0.39 is 30.0 Å². The van der Waals surface area contributed by atoms with Gasteiger partial charge in [-0.25, -0.2) is 14.4 Å². The van der Waals surface area contributed by atoms with Crippen molar-refractivity contribution in [3.63, 3.8) is 0 Å². The van der Waals surface area contributed by atoms with Gasteiger partial charge in [0.1, 0.15) is 12.1 Å². The summed E-state index contributed by atoms with van der Waals surface area (Å²) in [6.07, 6.45) is 1.22. The van der Waals surface area contributed by atoms with Gasteiger partial charge in [-0.2, -0.15) is 13.2 Å². The molecule has 2 heterocycles. The first-order valence-electron chi connectivity index (χ1n) is 8.88. The monoisotopic (exact) mass is 426 g/mol. The van der Waals surface area contributed by atoms with Crippen LogP contribution in [0.4, 0.5) is 23.4 Å². The number of pyridine rings is 1. The van der Waals surface area contributed by atoms with Crippen LogP contribution in [-0.2, 0) is 4.79 Å². The summed E-state index contributed by atoms with van der Waals surface area (Å²) in [5, 5.41) is 7.19. The zero-order valence-electron chi connectivity index (χ0n) is 16.9. The number of amides is 1. The predicted molar refractivity (Wildman–Crippen MR) is 104 cm³/mol. The number of hydrogen-bond donors (Lipinski definition) is 3. The molecule has 0 radical (unpaired) electrons. The van der Waals surface area contributed by atoms with Crippen LogP contribution < -0.4 is 16.0 Å². The summed E-state index contributed by atoms with van der Waals surface area (Å²) in [5.74, 6) is -2.02. The number of nitrogens with zero attached hydrogens (tertiary/aromatic N) is 3. The van der Waals surface area contributed by atoms with Crippen LogP contribution in [0.25, 0.3) is 5.57 Å². The third-order valence-corrected chi connectivity index (χ3v) is 3.91. The molecule has 3 N–H and O–H groups in total. The molecule has 0 aliphatic carbocycles. The van der Waals surface area contributed by atoms with E-state index in [4.69, 9.17) is 0 Å². The average molecular weight is 426 g/mol. The van der Waals surface area contributed by atoms with Crippen molar-refractivity contribution in [2.24, 2.45) is 0 Å². The maximum Gasteiger partial charge on any atom is 0.405 e. The predicted octanol–water partition coefficient (Wildman–Crippen LogP) is 2.80. The van der Waals surface area contributed by atoms with Gasteiger partial charge < -0.3 is 16.0 Å². The molecule has 30 heavy (non-hydrogen) atoms. The summed E-state index contributed by atoms with van der Waals surface area (Å²) in [6, 6.07) is 1.84. The molecule has 0 unspecified atom stereocenters. The standard InChI is InChI=1S/C19H22F4N6O/c1-11-5-12(7-25-6-11)13(8-24-4)15-26-9-14(20)16(28-15)29-18(2,3)17(30)27-10-19(21,22)23/h5-9,24H,10H2,1-4H3,(H,27,30)(H,26,28,29)/b13-8+. The zero-order valence-corrected chi connectivity index (χ0v) is 16.9. The SMILES string of the molecule is CN/C=C(\c1cncc(C)c1)c1ncc(F)c(NC(C)(C)C(=O)NCC(F)(F)F)n1. The molecular formula is C19H22F4N6O. The van der Waals surface area contributed by atoms with E-state index in [0.717, 1.165) is 11.8 Å². The van der Waals surface area contributed by atoms with E-state index in [1.807, 2.05) is 13.0 Å². The van der Waals surface area contributed by atoms with Crippen LogP contribution in [0.1, 0.15) is 30.8 Å². The minimum atomic E-state index is -4.56. The molecule has 7 nitrogen and oxygen atoms in total. The lowest BCUT2D eigenvalue weighted by atomic mass is 10.0. The number of halogens is 4. The molecular weight excluding hydrogens is 404 g/mol. The molecule has 0 fully saturated rings. The van der Waals surface area contributed by atoms with Crippen LogP contribution in [0.2, 0.25) is 0 Å². The lowest BCUT2D eigenvalue weighted by Gasteiger charge is -2.26. The van der Waals surface area contributed by atoms with E-state index in [-0.39, 0.29) is 11.6 Å². The molecule has 0 saturated carbocycles. The van der Waals surface area contributed by atoms with E-state index in [1.165, 1.54) is 13.8 Å². The number of aryl methyl sites for hydroxylation is 1. The van der Waals surface area contributed by atoms with Crippen molar-refractivity contribution in [3.05, 3.63) is 53.6 Å². The van der Waals surface area contributed by atoms with Crippen molar-refractivity contribution in [2.75, 3.05) is 18.9 Å². The van der Waals surface area contributed by atoms with Crippen molar-refractivity contribution in [1.29, 1.82) is 0 Å². The van der Waals surface area contributed by atoms with Crippen molar-refractivity contribution in [2.45, 2.75) is 32.5 Å². The van der Waals surface area contributed by atoms with Gasteiger partial charge in [-0.1, -0.05) is 0 Å². The highest BCUT2D eigenvalue weighted by Gasteiger charge is 2.34. The number of anilines is 1. The average Bonchev–Trinajstić information content (AvgIpc) is 2.65. The summed E-state index contributed by atoms with van der Waals surface area (Å²) >= 11 is 0. The van der Waals surface area contributed by atoms with Crippen LogP contribution in [0, 0.1) is 12.7 Å². The fourth-order valence-corrected chi connectivity index (χ4v) is 2.46. The second kappa shape index (κ2) is 9.06. The maximum atomic E-state index is 14.3. The van der Waals surface area contributed by atoms with Crippen molar-refractivity contribution in [3.8, 4) is 0 Å². The third-order valence-electron chi connectivity index (χ3n) is 3.91. The first-order valence-corrected chi connectivity index (χ1v) is 8.88. The number of alkyl halides is 3. The number of aromatic nitrogens is 3. The zero-order chi connectivity index (χ0) is 22.5. The summed E-state index contributed by atoms with van der Waals surface area (Å²) in [6.45, 7) is 2.99. The Morgan fingerprint density at radius 1 is 1.20 bits per heavy atom. The first kappa shape index (κ1) is 23.0. The van der Waals surface area contributed by atoms with Crippen molar-refractivity contribution >= 4 is 17.3 Å². The van der Waals surface area contributed by atoms with Gasteiger partial charge in [0.25, 0.3) is 0 Å². The van der Waals surface area contributed by atoms with Crippen LogP contribution in [-0.4, -0.2) is 46.2 Å². The van der Waals surface area contributed by atoms with Gasteiger partial charge in [0.05, 0.1) is 6.20 Å². The van der Waals surface area contributed by atoms with Crippen LogP contribution in [0.5, 0.6) is 0 Å². The van der Waals surface area contributed by atoms with Crippen LogP contribution >= 0.6 is 0 Å². The number of carbonyl (C=O) groups is 1. The lowest BCUT2D eigenvalue weighted by Crippen LogP contribution is -2.50. The molecule has 162 valence electrons. The quantitative estimate of drug-likeness (QED) is 0.590. The lowest BCUT2D eigenvalue weighted by molar-refractivity contribution is -0.140. The van der Waals surface area contributed by atoms with E-state index in [2.05, 4.69) is 25.6 Å². The molecule has 1 amide bonds. The van der Waals surface area contributed by atoms with E-state index in [1.54, 1.807) is 31.0 Å².